The number of amides is 1. The average Bonchev–Trinajstić information content (AvgIpc) is 2.17. The molecule has 0 spiro atoms. The minimum absolute atomic E-state index is 0.0715. The molecule has 0 heterocycles. The summed E-state index contributed by atoms with van der Waals surface area (Å²) < 4.78 is 0. The Hall–Kier alpha value is -1.57. The van der Waals surface area contributed by atoms with E-state index in [2.05, 4.69) is 11.9 Å². The molecule has 0 fully saturated rings. The molecule has 0 bridgehead atoms. The minimum atomic E-state index is -0.0715. The fraction of sp³-hybridized carbons (Fsp3) is 0.250. The highest BCUT2D eigenvalue weighted by molar-refractivity contribution is 5.75. The van der Waals surface area contributed by atoms with E-state index in [1.54, 1.807) is 0 Å². The van der Waals surface area contributed by atoms with E-state index in [0.717, 1.165) is 11.3 Å². The van der Waals surface area contributed by atoms with Gasteiger partial charge >= 0.3 is 0 Å². The molecule has 2 nitrogen and oxygen atoms in total. The number of hydrogen-bond donors (Lipinski definition) is 1. The van der Waals surface area contributed by atoms with Crippen LogP contribution in [0.2, 0.25) is 0 Å². The Labute approximate surface area is 84.6 Å². The first-order valence-corrected chi connectivity index (χ1v) is 4.62. The Kier molecular flexibility index (Phi) is 3.46. The number of hydrogen-bond acceptors (Lipinski definition) is 1. The van der Waals surface area contributed by atoms with Gasteiger partial charge in [0.15, 0.2) is 0 Å². The van der Waals surface area contributed by atoms with Gasteiger partial charge in [-0.05, 0) is 5.56 Å². The molecule has 1 aromatic rings. The van der Waals surface area contributed by atoms with Gasteiger partial charge in [0.1, 0.15) is 0 Å². The van der Waals surface area contributed by atoms with Gasteiger partial charge in [-0.15, -0.1) is 0 Å². The van der Waals surface area contributed by atoms with E-state index in [1.165, 1.54) is 6.92 Å². The second kappa shape index (κ2) is 4.61. The first kappa shape index (κ1) is 10.5. The molecule has 0 aliphatic rings. The summed E-state index contributed by atoms with van der Waals surface area (Å²) in [5.74, 6) is 0.0814. The smallest absolute Gasteiger partial charge is 0.220 e. The van der Waals surface area contributed by atoms with E-state index in [9.17, 15) is 4.79 Å². The normalized spacial score (nSPS) is 11.9. The zero-order valence-corrected chi connectivity index (χ0v) is 8.58. The molecule has 0 aliphatic heterocycles. The van der Waals surface area contributed by atoms with Crippen molar-refractivity contribution >= 4 is 5.91 Å². The van der Waals surface area contributed by atoms with Crippen molar-refractivity contribution in [3.05, 3.63) is 48.2 Å². The summed E-state index contributed by atoms with van der Waals surface area (Å²) in [5.41, 5.74) is 1.90. The van der Waals surface area contributed by atoms with Crippen molar-refractivity contribution in [3.63, 3.8) is 0 Å². The van der Waals surface area contributed by atoms with Crippen LogP contribution in [-0.4, -0.2) is 5.91 Å². The van der Waals surface area contributed by atoms with Crippen molar-refractivity contribution in [3.8, 4) is 0 Å². The van der Waals surface area contributed by atoms with Gasteiger partial charge in [-0.3, -0.25) is 4.79 Å². The lowest BCUT2D eigenvalue weighted by atomic mass is 9.98. The van der Waals surface area contributed by atoms with Crippen LogP contribution < -0.4 is 5.32 Å². The molecule has 14 heavy (non-hydrogen) atoms. The predicted molar refractivity (Wildman–Crippen MR) is 57.8 cm³/mol. The van der Waals surface area contributed by atoms with Crippen LogP contribution in [0.15, 0.2) is 42.6 Å². The van der Waals surface area contributed by atoms with Crippen molar-refractivity contribution in [1.82, 2.24) is 5.32 Å². The first-order chi connectivity index (χ1) is 6.61. The lowest BCUT2D eigenvalue weighted by Crippen LogP contribution is -2.21. The zero-order chi connectivity index (χ0) is 10.6. The van der Waals surface area contributed by atoms with Gasteiger partial charge in [-0.25, -0.2) is 0 Å². The lowest BCUT2D eigenvalue weighted by Gasteiger charge is -2.15. The second-order valence-corrected chi connectivity index (χ2v) is 3.34. The number of rotatable bonds is 3. The number of carbonyl (C=O) groups excluding carboxylic acids is 1. The highest BCUT2D eigenvalue weighted by Crippen LogP contribution is 2.19. The fourth-order valence-electron chi connectivity index (χ4n) is 1.28. The third-order valence-corrected chi connectivity index (χ3v) is 2.16. The third-order valence-electron chi connectivity index (χ3n) is 2.16. The van der Waals surface area contributed by atoms with Gasteiger partial charge in [0.25, 0.3) is 0 Å². The lowest BCUT2D eigenvalue weighted by molar-refractivity contribution is -0.118. The molecule has 1 atom stereocenters. The molecular weight excluding hydrogens is 174 g/mol. The Morgan fingerprint density at radius 1 is 1.36 bits per heavy atom. The maximum absolute atomic E-state index is 10.8. The average molecular weight is 189 g/mol. The highest BCUT2D eigenvalue weighted by Gasteiger charge is 2.09. The van der Waals surface area contributed by atoms with Crippen LogP contribution in [0.5, 0.6) is 0 Å². The van der Waals surface area contributed by atoms with Gasteiger partial charge in [0.2, 0.25) is 5.91 Å². The van der Waals surface area contributed by atoms with Gasteiger partial charge in [-0.1, -0.05) is 43.8 Å². The molecule has 1 unspecified atom stereocenters. The summed E-state index contributed by atoms with van der Waals surface area (Å²) >= 11 is 0. The van der Waals surface area contributed by atoms with Crippen molar-refractivity contribution in [2.75, 3.05) is 0 Å². The molecule has 0 aliphatic carbocycles. The number of nitrogens with one attached hydrogen (secondary N) is 1. The Balaban J connectivity index is 2.71. The quantitative estimate of drug-likeness (QED) is 0.777. The third kappa shape index (κ3) is 2.73. The SMILES string of the molecule is C=C(NC(C)=O)C(C)c1ccccc1. The number of allylic oxidation sites excluding steroid dienone is 1. The summed E-state index contributed by atoms with van der Waals surface area (Å²) in [4.78, 5) is 10.8. The molecule has 1 rings (SSSR count). The molecule has 0 saturated carbocycles. The largest absolute Gasteiger partial charge is 0.330 e. The molecule has 1 amide bonds. The standard InChI is InChI=1S/C12H15NO/c1-9(10(2)13-11(3)14)12-7-5-4-6-8-12/h4-9H,2H2,1,3H3,(H,13,14). The van der Waals surface area contributed by atoms with Crippen molar-refractivity contribution in [2.45, 2.75) is 19.8 Å². The summed E-state index contributed by atoms with van der Waals surface area (Å²) in [5, 5.41) is 2.71. The predicted octanol–water partition coefficient (Wildman–Crippen LogP) is 2.44. The van der Waals surface area contributed by atoms with Gasteiger partial charge in [-0.2, -0.15) is 0 Å². The van der Waals surface area contributed by atoms with Crippen LogP contribution in [0.25, 0.3) is 0 Å². The maximum Gasteiger partial charge on any atom is 0.220 e. The summed E-state index contributed by atoms with van der Waals surface area (Å²) in [6.07, 6.45) is 0. The topological polar surface area (TPSA) is 29.1 Å². The van der Waals surface area contributed by atoms with Gasteiger partial charge in [0.05, 0.1) is 0 Å². The number of benzene rings is 1. The van der Waals surface area contributed by atoms with E-state index < -0.39 is 0 Å². The van der Waals surface area contributed by atoms with Crippen molar-refractivity contribution < 1.29 is 4.79 Å². The Bertz CT molecular complexity index is 329. The highest BCUT2D eigenvalue weighted by atomic mass is 16.1. The van der Waals surface area contributed by atoms with Crippen LogP contribution in [0.1, 0.15) is 25.3 Å². The van der Waals surface area contributed by atoms with Gasteiger partial charge < -0.3 is 5.32 Å². The van der Waals surface area contributed by atoms with E-state index in [-0.39, 0.29) is 11.8 Å². The van der Waals surface area contributed by atoms with Crippen LogP contribution >= 0.6 is 0 Å². The van der Waals surface area contributed by atoms with Crippen molar-refractivity contribution in [2.24, 2.45) is 0 Å². The number of carbonyl (C=O) groups is 1. The van der Waals surface area contributed by atoms with E-state index >= 15 is 0 Å². The fourth-order valence-corrected chi connectivity index (χ4v) is 1.28. The summed E-state index contributed by atoms with van der Waals surface area (Å²) in [6.45, 7) is 7.35. The Morgan fingerprint density at radius 2 is 1.93 bits per heavy atom. The molecule has 2 heteroatoms. The molecule has 0 saturated heterocycles. The van der Waals surface area contributed by atoms with Crippen molar-refractivity contribution in [1.29, 1.82) is 0 Å². The molecule has 1 N–H and O–H groups in total. The molecule has 74 valence electrons. The first-order valence-electron chi connectivity index (χ1n) is 4.62. The molecule has 1 aromatic carbocycles. The maximum atomic E-state index is 10.8. The zero-order valence-electron chi connectivity index (χ0n) is 8.58. The van der Waals surface area contributed by atoms with E-state index in [1.807, 2.05) is 37.3 Å². The van der Waals surface area contributed by atoms with Gasteiger partial charge in [0, 0.05) is 18.5 Å². The second-order valence-electron chi connectivity index (χ2n) is 3.34. The molecule has 0 aromatic heterocycles. The van der Waals surface area contributed by atoms with Crippen LogP contribution in [0.4, 0.5) is 0 Å². The molecule has 0 radical (unpaired) electrons. The van der Waals surface area contributed by atoms with E-state index in [0.29, 0.717) is 0 Å². The summed E-state index contributed by atoms with van der Waals surface area (Å²) in [6, 6.07) is 9.98. The van der Waals surface area contributed by atoms with Crippen LogP contribution in [-0.2, 0) is 4.79 Å². The van der Waals surface area contributed by atoms with Crippen LogP contribution in [0, 0.1) is 0 Å². The summed E-state index contributed by atoms with van der Waals surface area (Å²) in [7, 11) is 0. The molecular formula is C12H15NO. The van der Waals surface area contributed by atoms with Crippen LogP contribution in [0.3, 0.4) is 0 Å². The monoisotopic (exact) mass is 189 g/mol. The van der Waals surface area contributed by atoms with E-state index in [4.69, 9.17) is 0 Å². The Morgan fingerprint density at radius 3 is 2.43 bits per heavy atom. The minimum Gasteiger partial charge on any atom is -0.330 e.